The Morgan fingerprint density at radius 2 is 0.905 bits per heavy atom. The molecule has 0 aliphatic rings. The van der Waals surface area contributed by atoms with Gasteiger partial charge in [0.25, 0.3) is 0 Å². The number of aliphatic hydroxyl groups is 1. The first kappa shape index (κ1) is 40.9. The van der Waals surface area contributed by atoms with E-state index in [2.05, 4.69) is 20.8 Å². The third-order valence-corrected chi connectivity index (χ3v) is 8.66. The van der Waals surface area contributed by atoms with Crippen LogP contribution in [0.4, 0.5) is 0 Å². The lowest BCUT2D eigenvalue weighted by molar-refractivity contribution is -0.149. The van der Waals surface area contributed by atoms with Crippen molar-refractivity contribution in [1.29, 1.82) is 0 Å². The van der Waals surface area contributed by atoms with Crippen LogP contribution in [0.15, 0.2) is 0 Å². The first-order valence-electron chi connectivity index (χ1n) is 18.5. The van der Waals surface area contributed by atoms with E-state index in [0.717, 1.165) is 64.2 Å². The van der Waals surface area contributed by atoms with Crippen molar-refractivity contribution in [2.75, 3.05) is 19.8 Å². The summed E-state index contributed by atoms with van der Waals surface area (Å²) in [4.78, 5) is 24.9. The zero-order valence-corrected chi connectivity index (χ0v) is 28.4. The summed E-state index contributed by atoms with van der Waals surface area (Å²) in [7, 11) is 0. The molecule has 250 valence electrons. The maximum absolute atomic E-state index is 12.9. The van der Waals surface area contributed by atoms with Gasteiger partial charge in [-0.05, 0) is 50.9 Å². The standard InChI is InChI=1S/C37H72O5/c1-4-7-10-13-16-17-20-23-30-36(39)41-31-24-26-34(33-38)27-25-32-42-37(40)35(28-21-18-14-11-8-5-2)29-22-19-15-12-9-6-3/h34-35,38H,4-33H2,1-3H3. The maximum atomic E-state index is 12.9. The van der Waals surface area contributed by atoms with E-state index in [4.69, 9.17) is 9.47 Å². The summed E-state index contributed by atoms with van der Waals surface area (Å²) in [5.41, 5.74) is 0. The molecule has 0 saturated heterocycles. The SMILES string of the molecule is CCCCCCCCCCC(=O)OCCCC(CO)CCCOC(=O)C(CCCCCCCC)CCCCCCCC. The van der Waals surface area contributed by atoms with Gasteiger partial charge in [0.05, 0.1) is 19.1 Å². The topological polar surface area (TPSA) is 72.8 Å². The minimum atomic E-state index is -0.0927. The molecule has 0 aromatic rings. The average Bonchev–Trinajstić information content (AvgIpc) is 2.99. The summed E-state index contributed by atoms with van der Waals surface area (Å²) >= 11 is 0. The zero-order valence-electron chi connectivity index (χ0n) is 28.4. The number of unbranched alkanes of at least 4 members (excludes halogenated alkanes) is 17. The second-order valence-corrected chi connectivity index (χ2v) is 12.8. The summed E-state index contributed by atoms with van der Waals surface area (Å²) in [6.45, 7) is 7.71. The van der Waals surface area contributed by atoms with Crippen molar-refractivity contribution in [3.63, 3.8) is 0 Å². The first-order chi connectivity index (χ1) is 20.6. The van der Waals surface area contributed by atoms with Gasteiger partial charge in [-0.3, -0.25) is 9.59 Å². The fraction of sp³-hybridized carbons (Fsp3) is 0.946. The molecule has 0 spiro atoms. The molecular formula is C37H72O5. The predicted octanol–water partition coefficient (Wildman–Crippen LogP) is 10.9. The molecule has 0 aromatic heterocycles. The van der Waals surface area contributed by atoms with Crippen LogP contribution in [-0.4, -0.2) is 36.9 Å². The molecule has 0 radical (unpaired) electrons. The van der Waals surface area contributed by atoms with Crippen molar-refractivity contribution >= 4 is 11.9 Å². The van der Waals surface area contributed by atoms with E-state index in [1.807, 2.05) is 0 Å². The largest absolute Gasteiger partial charge is 0.466 e. The first-order valence-corrected chi connectivity index (χ1v) is 18.5. The van der Waals surface area contributed by atoms with Gasteiger partial charge in [0.1, 0.15) is 0 Å². The van der Waals surface area contributed by atoms with Crippen LogP contribution in [0.5, 0.6) is 0 Å². The second kappa shape index (κ2) is 32.8. The summed E-state index contributed by atoms with van der Waals surface area (Å²) in [6.07, 6.45) is 30.3. The molecule has 0 aliphatic carbocycles. The Morgan fingerprint density at radius 3 is 1.36 bits per heavy atom. The van der Waals surface area contributed by atoms with Crippen LogP contribution in [0.25, 0.3) is 0 Å². The molecule has 5 nitrogen and oxygen atoms in total. The van der Waals surface area contributed by atoms with E-state index in [-0.39, 0.29) is 30.4 Å². The summed E-state index contributed by atoms with van der Waals surface area (Å²) < 4.78 is 11.1. The van der Waals surface area contributed by atoms with Gasteiger partial charge < -0.3 is 14.6 Å². The highest BCUT2D eigenvalue weighted by atomic mass is 16.5. The van der Waals surface area contributed by atoms with Gasteiger partial charge in [-0.2, -0.15) is 0 Å². The van der Waals surface area contributed by atoms with E-state index < -0.39 is 0 Å². The molecular weight excluding hydrogens is 524 g/mol. The van der Waals surface area contributed by atoms with Gasteiger partial charge in [-0.25, -0.2) is 0 Å². The number of hydrogen-bond acceptors (Lipinski definition) is 5. The third-order valence-electron chi connectivity index (χ3n) is 8.66. The van der Waals surface area contributed by atoms with Crippen LogP contribution < -0.4 is 0 Å². The summed E-state index contributed by atoms with van der Waals surface area (Å²) in [5, 5.41) is 9.80. The van der Waals surface area contributed by atoms with E-state index >= 15 is 0 Å². The molecule has 0 fully saturated rings. The number of rotatable bonds is 33. The lowest BCUT2D eigenvalue weighted by atomic mass is 9.94. The number of aliphatic hydroxyl groups excluding tert-OH is 1. The van der Waals surface area contributed by atoms with E-state index in [0.29, 0.717) is 19.6 Å². The average molecular weight is 597 g/mol. The summed E-state index contributed by atoms with van der Waals surface area (Å²) in [6, 6.07) is 0. The van der Waals surface area contributed by atoms with Crippen molar-refractivity contribution in [1.82, 2.24) is 0 Å². The number of hydrogen-bond donors (Lipinski definition) is 1. The molecule has 0 saturated carbocycles. The molecule has 0 rings (SSSR count). The predicted molar refractivity (Wildman–Crippen MR) is 178 cm³/mol. The second-order valence-electron chi connectivity index (χ2n) is 12.8. The fourth-order valence-electron chi connectivity index (χ4n) is 5.75. The Kier molecular flexibility index (Phi) is 31.9. The number of carbonyl (C=O) groups excluding carboxylic acids is 2. The van der Waals surface area contributed by atoms with Gasteiger partial charge in [-0.1, -0.05) is 143 Å². The number of ether oxygens (including phenoxy) is 2. The molecule has 0 aromatic carbocycles. The van der Waals surface area contributed by atoms with Crippen molar-refractivity contribution < 1.29 is 24.2 Å². The maximum Gasteiger partial charge on any atom is 0.308 e. The van der Waals surface area contributed by atoms with Crippen molar-refractivity contribution in [2.45, 2.75) is 194 Å². The van der Waals surface area contributed by atoms with Crippen LogP contribution in [0, 0.1) is 11.8 Å². The molecule has 1 N–H and O–H groups in total. The zero-order chi connectivity index (χ0) is 30.9. The minimum absolute atomic E-state index is 0.0129. The molecule has 42 heavy (non-hydrogen) atoms. The molecule has 1 atom stereocenters. The Bertz CT molecular complexity index is 563. The number of esters is 2. The Hall–Kier alpha value is -1.10. The molecule has 1 unspecified atom stereocenters. The van der Waals surface area contributed by atoms with E-state index in [1.165, 1.54) is 103 Å². The van der Waals surface area contributed by atoms with E-state index in [1.54, 1.807) is 0 Å². The third kappa shape index (κ3) is 27.7. The Morgan fingerprint density at radius 1 is 0.500 bits per heavy atom. The molecule has 0 aliphatic heterocycles. The smallest absolute Gasteiger partial charge is 0.308 e. The number of carbonyl (C=O) groups is 2. The fourth-order valence-corrected chi connectivity index (χ4v) is 5.75. The van der Waals surface area contributed by atoms with Gasteiger partial charge >= 0.3 is 11.9 Å². The minimum Gasteiger partial charge on any atom is -0.466 e. The normalized spacial score (nSPS) is 12.1. The van der Waals surface area contributed by atoms with E-state index in [9.17, 15) is 14.7 Å². The van der Waals surface area contributed by atoms with Crippen LogP contribution in [0.3, 0.4) is 0 Å². The van der Waals surface area contributed by atoms with Crippen molar-refractivity contribution in [2.24, 2.45) is 11.8 Å². The molecule has 0 bridgehead atoms. The Labute approximate surface area is 261 Å². The van der Waals surface area contributed by atoms with Crippen molar-refractivity contribution in [3.8, 4) is 0 Å². The van der Waals surface area contributed by atoms with Crippen LogP contribution in [-0.2, 0) is 19.1 Å². The monoisotopic (exact) mass is 597 g/mol. The summed E-state index contributed by atoms with van der Waals surface area (Å²) in [5.74, 6) is 0.0969. The highest BCUT2D eigenvalue weighted by molar-refractivity contribution is 5.72. The lowest BCUT2D eigenvalue weighted by Gasteiger charge is -2.17. The van der Waals surface area contributed by atoms with Gasteiger partial charge in [-0.15, -0.1) is 0 Å². The van der Waals surface area contributed by atoms with Crippen molar-refractivity contribution in [3.05, 3.63) is 0 Å². The van der Waals surface area contributed by atoms with Crippen LogP contribution in [0.1, 0.15) is 194 Å². The van der Waals surface area contributed by atoms with Gasteiger partial charge in [0.2, 0.25) is 0 Å². The molecule has 0 amide bonds. The van der Waals surface area contributed by atoms with Gasteiger partial charge in [0.15, 0.2) is 0 Å². The Balaban J connectivity index is 4.09. The van der Waals surface area contributed by atoms with Crippen LogP contribution >= 0.6 is 0 Å². The quantitative estimate of drug-likeness (QED) is 0.0602. The highest BCUT2D eigenvalue weighted by Crippen LogP contribution is 2.21. The highest BCUT2D eigenvalue weighted by Gasteiger charge is 2.19. The molecule has 0 heterocycles. The van der Waals surface area contributed by atoms with Gasteiger partial charge in [0, 0.05) is 13.0 Å². The lowest BCUT2D eigenvalue weighted by Crippen LogP contribution is -2.19. The van der Waals surface area contributed by atoms with Crippen LogP contribution in [0.2, 0.25) is 0 Å². The molecule has 5 heteroatoms.